The molecule has 0 aliphatic carbocycles. The molecule has 1 aromatic heterocycles. The fourth-order valence-corrected chi connectivity index (χ4v) is 4.26. The number of rotatable bonds is 3. The quantitative estimate of drug-likeness (QED) is 0.810. The van der Waals surface area contributed by atoms with Gasteiger partial charge in [0, 0.05) is 20.1 Å². The van der Waals surface area contributed by atoms with Crippen LogP contribution in [0, 0.1) is 11.8 Å². The molecule has 1 amide bonds. The monoisotopic (exact) mass is 314 g/mol. The van der Waals surface area contributed by atoms with Crippen molar-refractivity contribution in [3.05, 3.63) is 6.33 Å². The van der Waals surface area contributed by atoms with Crippen molar-refractivity contribution in [1.29, 1.82) is 0 Å². The van der Waals surface area contributed by atoms with Crippen LogP contribution in [-0.2, 0) is 21.7 Å². The standard InChI is InChI=1S/C13H22N4O3S/c1-9-5-10(2)7-17(6-9)12(18)11(3)21(19,20)13-15-14-8-16(13)4/h8-11H,5-7H2,1-4H3/t9-,10-,11-/m1/s1. The molecule has 21 heavy (non-hydrogen) atoms. The number of piperidine rings is 1. The van der Waals surface area contributed by atoms with Crippen LogP contribution in [0.1, 0.15) is 27.2 Å². The van der Waals surface area contributed by atoms with Crippen LogP contribution in [0.2, 0.25) is 0 Å². The highest BCUT2D eigenvalue weighted by molar-refractivity contribution is 7.92. The first-order chi connectivity index (χ1) is 9.73. The topological polar surface area (TPSA) is 85.2 Å². The number of aromatic nitrogens is 3. The van der Waals surface area contributed by atoms with Gasteiger partial charge in [-0.1, -0.05) is 13.8 Å². The summed E-state index contributed by atoms with van der Waals surface area (Å²) >= 11 is 0. The Labute approximate surface area is 125 Å². The average Bonchev–Trinajstić information content (AvgIpc) is 2.82. The normalized spacial score (nSPS) is 24.9. The molecule has 0 radical (unpaired) electrons. The molecule has 2 heterocycles. The van der Waals surface area contributed by atoms with E-state index in [-0.39, 0.29) is 11.1 Å². The van der Waals surface area contributed by atoms with E-state index in [1.54, 1.807) is 11.9 Å². The van der Waals surface area contributed by atoms with E-state index in [1.165, 1.54) is 17.8 Å². The first kappa shape index (κ1) is 15.9. The van der Waals surface area contributed by atoms with Crippen molar-refractivity contribution in [3.63, 3.8) is 0 Å². The third kappa shape index (κ3) is 3.09. The summed E-state index contributed by atoms with van der Waals surface area (Å²) in [6.45, 7) is 6.82. The molecule has 0 saturated carbocycles. The van der Waals surface area contributed by atoms with Crippen LogP contribution in [-0.4, -0.2) is 52.3 Å². The minimum Gasteiger partial charge on any atom is -0.341 e. The smallest absolute Gasteiger partial charge is 0.250 e. The Morgan fingerprint density at radius 2 is 1.90 bits per heavy atom. The zero-order valence-electron chi connectivity index (χ0n) is 12.9. The van der Waals surface area contributed by atoms with Crippen molar-refractivity contribution in [2.24, 2.45) is 18.9 Å². The van der Waals surface area contributed by atoms with E-state index in [0.717, 1.165) is 6.42 Å². The SMILES string of the molecule is C[C@@H]1C[C@@H](C)CN(C(=O)[C@@H](C)S(=O)(=O)c2nncn2C)C1. The zero-order chi connectivity index (χ0) is 15.8. The lowest BCUT2D eigenvalue weighted by Crippen LogP contribution is -2.48. The van der Waals surface area contributed by atoms with Gasteiger partial charge in [-0.15, -0.1) is 10.2 Å². The number of aryl methyl sites for hydroxylation is 1. The minimum atomic E-state index is -3.81. The minimum absolute atomic E-state index is 0.165. The molecular weight excluding hydrogens is 292 g/mol. The molecule has 0 aromatic carbocycles. The van der Waals surface area contributed by atoms with Crippen LogP contribution < -0.4 is 0 Å². The molecule has 8 heteroatoms. The molecule has 1 aliphatic rings. The highest BCUT2D eigenvalue weighted by Gasteiger charge is 2.37. The molecule has 0 N–H and O–H groups in total. The number of sulfone groups is 1. The van der Waals surface area contributed by atoms with E-state index >= 15 is 0 Å². The van der Waals surface area contributed by atoms with E-state index in [1.807, 2.05) is 0 Å². The molecule has 3 atom stereocenters. The van der Waals surface area contributed by atoms with Gasteiger partial charge < -0.3 is 9.47 Å². The van der Waals surface area contributed by atoms with E-state index in [9.17, 15) is 13.2 Å². The van der Waals surface area contributed by atoms with Crippen molar-refractivity contribution < 1.29 is 13.2 Å². The molecule has 1 saturated heterocycles. The molecule has 1 aromatic rings. The van der Waals surface area contributed by atoms with Gasteiger partial charge in [0.05, 0.1) is 0 Å². The Balaban J connectivity index is 2.21. The van der Waals surface area contributed by atoms with Gasteiger partial charge in [-0.25, -0.2) is 8.42 Å². The molecule has 2 rings (SSSR count). The van der Waals surface area contributed by atoms with Gasteiger partial charge in [0.2, 0.25) is 20.9 Å². The van der Waals surface area contributed by atoms with Gasteiger partial charge in [0.1, 0.15) is 11.6 Å². The first-order valence-corrected chi connectivity index (χ1v) is 8.64. The van der Waals surface area contributed by atoms with E-state index in [2.05, 4.69) is 24.0 Å². The van der Waals surface area contributed by atoms with Gasteiger partial charge >= 0.3 is 0 Å². The van der Waals surface area contributed by atoms with Crippen LogP contribution in [0.3, 0.4) is 0 Å². The lowest BCUT2D eigenvalue weighted by atomic mass is 9.92. The molecular formula is C13H22N4O3S. The number of amides is 1. The molecule has 0 unspecified atom stereocenters. The van der Waals surface area contributed by atoms with Crippen LogP contribution in [0.25, 0.3) is 0 Å². The number of hydrogen-bond acceptors (Lipinski definition) is 5. The Morgan fingerprint density at radius 1 is 1.33 bits per heavy atom. The Bertz CT molecular complexity index is 615. The number of nitrogens with zero attached hydrogens (tertiary/aromatic N) is 4. The van der Waals surface area contributed by atoms with Crippen molar-refractivity contribution >= 4 is 15.7 Å². The molecule has 0 bridgehead atoms. The largest absolute Gasteiger partial charge is 0.341 e. The Hall–Kier alpha value is -1.44. The molecule has 0 spiro atoms. The van der Waals surface area contributed by atoms with Crippen molar-refractivity contribution in [2.45, 2.75) is 37.6 Å². The molecule has 118 valence electrons. The fraction of sp³-hybridized carbons (Fsp3) is 0.769. The second kappa shape index (κ2) is 5.75. The van der Waals surface area contributed by atoms with Gasteiger partial charge in [0.15, 0.2) is 0 Å². The van der Waals surface area contributed by atoms with E-state index < -0.39 is 15.1 Å². The third-order valence-electron chi connectivity index (χ3n) is 3.92. The van der Waals surface area contributed by atoms with Crippen molar-refractivity contribution in [2.75, 3.05) is 13.1 Å². The lowest BCUT2D eigenvalue weighted by Gasteiger charge is -2.36. The van der Waals surface area contributed by atoms with Crippen LogP contribution >= 0.6 is 0 Å². The lowest BCUT2D eigenvalue weighted by molar-refractivity contribution is -0.133. The summed E-state index contributed by atoms with van der Waals surface area (Å²) < 4.78 is 26.3. The third-order valence-corrected chi connectivity index (χ3v) is 5.93. The summed E-state index contributed by atoms with van der Waals surface area (Å²) in [6, 6.07) is 0. The maximum Gasteiger partial charge on any atom is 0.250 e. The predicted molar refractivity (Wildman–Crippen MR) is 77.2 cm³/mol. The molecule has 1 aliphatic heterocycles. The van der Waals surface area contributed by atoms with E-state index in [0.29, 0.717) is 24.9 Å². The summed E-state index contributed by atoms with van der Waals surface area (Å²) in [7, 11) is -2.26. The maximum absolute atomic E-state index is 12.5. The second-order valence-corrected chi connectivity index (χ2v) is 8.26. The zero-order valence-corrected chi connectivity index (χ0v) is 13.7. The summed E-state index contributed by atoms with van der Waals surface area (Å²) in [6.07, 6.45) is 2.38. The highest BCUT2D eigenvalue weighted by Crippen LogP contribution is 2.23. The van der Waals surface area contributed by atoms with Crippen LogP contribution in [0.15, 0.2) is 11.5 Å². The fourth-order valence-electron chi connectivity index (χ4n) is 2.92. The van der Waals surface area contributed by atoms with Crippen LogP contribution in [0.5, 0.6) is 0 Å². The van der Waals surface area contributed by atoms with Gasteiger partial charge in [-0.3, -0.25) is 4.79 Å². The summed E-state index contributed by atoms with van der Waals surface area (Å²) in [5, 5.41) is 5.89. The molecule has 7 nitrogen and oxygen atoms in total. The summed E-state index contributed by atoms with van der Waals surface area (Å²) in [4.78, 5) is 14.2. The Kier molecular flexibility index (Phi) is 4.36. The first-order valence-electron chi connectivity index (χ1n) is 7.10. The van der Waals surface area contributed by atoms with Gasteiger partial charge in [0.25, 0.3) is 0 Å². The van der Waals surface area contributed by atoms with E-state index in [4.69, 9.17) is 0 Å². The average molecular weight is 314 g/mol. The second-order valence-electron chi connectivity index (χ2n) is 6.10. The molecule has 1 fully saturated rings. The number of carbonyl (C=O) groups is 1. The van der Waals surface area contributed by atoms with Crippen molar-refractivity contribution in [3.8, 4) is 0 Å². The van der Waals surface area contributed by atoms with Gasteiger partial charge in [-0.05, 0) is 25.2 Å². The van der Waals surface area contributed by atoms with Gasteiger partial charge in [-0.2, -0.15) is 0 Å². The summed E-state index contributed by atoms with van der Waals surface area (Å²) in [5.41, 5.74) is 0. The van der Waals surface area contributed by atoms with Crippen molar-refractivity contribution in [1.82, 2.24) is 19.7 Å². The van der Waals surface area contributed by atoms with Crippen LogP contribution in [0.4, 0.5) is 0 Å². The highest BCUT2D eigenvalue weighted by atomic mass is 32.2. The predicted octanol–water partition coefficient (Wildman–Crippen LogP) is 0.482. The number of hydrogen-bond donors (Lipinski definition) is 0. The number of carbonyl (C=O) groups excluding carboxylic acids is 1. The maximum atomic E-state index is 12.5. The Morgan fingerprint density at radius 3 is 2.38 bits per heavy atom. The summed E-state index contributed by atoms with van der Waals surface area (Å²) in [5.74, 6) is 0.432. The number of likely N-dealkylation sites (tertiary alicyclic amines) is 1.